The molecule has 0 N–H and O–H groups in total. The Morgan fingerprint density at radius 2 is 1.79 bits per heavy atom. The Kier molecular flexibility index (Phi) is 5.27. The average Bonchev–Trinajstić information content (AvgIpc) is 3.12. The number of carbonyl (C=O) groups is 1. The van der Waals surface area contributed by atoms with Crippen LogP contribution < -0.4 is 4.74 Å². The van der Waals surface area contributed by atoms with E-state index in [1.54, 1.807) is 29.2 Å². The molecule has 0 fully saturated rings. The zero-order chi connectivity index (χ0) is 20.6. The van der Waals surface area contributed by atoms with Gasteiger partial charge in [0.15, 0.2) is 0 Å². The van der Waals surface area contributed by atoms with Crippen LogP contribution in [0.3, 0.4) is 0 Å². The summed E-state index contributed by atoms with van der Waals surface area (Å²) >= 11 is 7.20. The number of nitrogens with zero attached hydrogens (tertiary/aromatic N) is 1. The van der Waals surface area contributed by atoms with Crippen LogP contribution in [0.5, 0.6) is 5.75 Å². The van der Waals surface area contributed by atoms with E-state index in [1.165, 1.54) is 23.5 Å². The summed E-state index contributed by atoms with van der Waals surface area (Å²) in [5.74, 6) is -0.453. The quantitative estimate of drug-likeness (QED) is 0.496. The molecule has 1 aliphatic rings. The third-order valence-electron chi connectivity index (χ3n) is 4.76. The summed E-state index contributed by atoms with van der Waals surface area (Å²) in [6, 6.07) is 16.4. The molecule has 1 aliphatic heterocycles. The van der Waals surface area contributed by atoms with Crippen LogP contribution in [0, 0.1) is 0 Å². The van der Waals surface area contributed by atoms with E-state index in [0.29, 0.717) is 27.7 Å². The topological polar surface area (TPSA) is 29.5 Å². The standard InChI is InChI=1S/C21H15ClF3NO2S/c22-18-10-9-17(29-18)20(27)26-12-11-13-3-1-2-4-16(13)19(26)14-5-7-15(8-6-14)28-21(23,24)25/h1-10,19H,11-12H2. The molecular weight excluding hydrogens is 423 g/mol. The summed E-state index contributed by atoms with van der Waals surface area (Å²) in [5, 5.41) is 0. The van der Waals surface area contributed by atoms with Crippen molar-refractivity contribution in [3.8, 4) is 5.75 Å². The Hall–Kier alpha value is -2.51. The Morgan fingerprint density at radius 3 is 2.45 bits per heavy atom. The maximum atomic E-state index is 13.2. The van der Waals surface area contributed by atoms with Crippen molar-refractivity contribution in [2.45, 2.75) is 18.8 Å². The minimum absolute atomic E-state index is 0.156. The van der Waals surface area contributed by atoms with Crippen LogP contribution in [0.4, 0.5) is 13.2 Å². The van der Waals surface area contributed by atoms with Crippen LogP contribution in [-0.2, 0) is 6.42 Å². The molecule has 29 heavy (non-hydrogen) atoms. The minimum Gasteiger partial charge on any atom is -0.406 e. The lowest BCUT2D eigenvalue weighted by molar-refractivity contribution is -0.274. The fraction of sp³-hybridized carbons (Fsp3) is 0.190. The third-order valence-corrected chi connectivity index (χ3v) is 5.98. The highest BCUT2D eigenvalue weighted by molar-refractivity contribution is 7.17. The molecule has 8 heteroatoms. The SMILES string of the molecule is O=C(c1ccc(Cl)s1)N1CCc2ccccc2C1c1ccc(OC(F)(F)F)cc1. The van der Waals surface area contributed by atoms with Crippen molar-refractivity contribution in [2.75, 3.05) is 6.54 Å². The van der Waals surface area contributed by atoms with E-state index < -0.39 is 12.4 Å². The largest absolute Gasteiger partial charge is 0.573 e. The number of rotatable bonds is 3. The van der Waals surface area contributed by atoms with Crippen molar-refractivity contribution in [3.05, 3.63) is 86.6 Å². The van der Waals surface area contributed by atoms with Gasteiger partial charge in [-0.15, -0.1) is 24.5 Å². The van der Waals surface area contributed by atoms with Gasteiger partial charge in [0.1, 0.15) is 5.75 Å². The lowest BCUT2D eigenvalue weighted by Gasteiger charge is -2.37. The fourth-order valence-electron chi connectivity index (χ4n) is 3.57. The third kappa shape index (κ3) is 4.26. The van der Waals surface area contributed by atoms with Gasteiger partial charge in [0.05, 0.1) is 15.3 Å². The van der Waals surface area contributed by atoms with Crippen molar-refractivity contribution < 1.29 is 22.7 Å². The zero-order valence-electron chi connectivity index (χ0n) is 14.9. The molecule has 1 aromatic heterocycles. The first-order valence-electron chi connectivity index (χ1n) is 8.81. The van der Waals surface area contributed by atoms with Crippen LogP contribution in [0.15, 0.2) is 60.7 Å². The monoisotopic (exact) mass is 437 g/mol. The molecule has 2 heterocycles. The Bertz CT molecular complexity index is 1030. The first-order valence-corrected chi connectivity index (χ1v) is 10.0. The van der Waals surface area contributed by atoms with E-state index in [2.05, 4.69) is 4.74 Å². The first-order chi connectivity index (χ1) is 13.8. The lowest BCUT2D eigenvalue weighted by Crippen LogP contribution is -2.40. The first kappa shape index (κ1) is 19.8. The van der Waals surface area contributed by atoms with Crippen molar-refractivity contribution in [1.82, 2.24) is 4.90 Å². The van der Waals surface area contributed by atoms with E-state index >= 15 is 0 Å². The predicted molar refractivity (Wildman–Crippen MR) is 105 cm³/mol. The average molecular weight is 438 g/mol. The van der Waals surface area contributed by atoms with Crippen LogP contribution in [0.2, 0.25) is 4.34 Å². The number of ether oxygens (including phenoxy) is 1. The number of fused-ring (bicyclic) bond motifs is 1. The van der Waals surface area contributed by atoms with Gasteiger partial charge in [0.25, 0.3) is 5.91 Å². The highest BCUT2D eigenvalue weighted by Gasteiger charge is 2.34. The number of hydrogen-bond acceptors (Lipinski definition) is 3. The van der Waals surface area contributed by atoms with Gasteiger partial charge < -0.3 is 9.64 Å². The molecule has 1 amide bonds. The molecule has 2 aromatic carbocycles. The summed E-state index contributed by atoms with van der Waals surface area (Å²) < 4.78 is 41.9. The van der Waals surface area contributed by atoms with Crippen molar-refractivity contribution >= 4 is 28.8 Å². The molecule has 0 aliphatic carbocycles. The predicted octanol–water partition coefficient (Wildman–Crippen LogP) is 6.09. The lowest BCUT2D eigenvalue weighted by atomic mass is 9.88. The van der Waals surface area contributed by atoms with Gasteiger partial charge in [0, 0.05) is 6.54 Å². The number of benzene rings is 2. The zero-order valence-corrected chi connectivity index (χ0v) is 16.5. The van der Waals surface area contributed by atoms with Gasteiger partial charge in [-0.05, 0) is 47.4 Å². The van der Waals surface area contributed by atoms with E-state index in [-0.39, 0.29) is 11.7 Å². The minimum atomic E-state index is -4.75. The van der Waals surface area contributed by atoms with Crippen molar-refractivity contribution in [2.24, 2.45) is 0 Å². The maximum absolute atomic E-state index is 13.2. The Balaban J connectivity index is 1.72. The molecule has 1 unspecified atom stereocenters. The van der Waals surface area contributed by atoms with Gasteiger partial charge in [-0.25, -0.2) is 0 Å². The highest BCUT2D eigenvalue weighted by atomic mass is 35.5. The molecule has 0 radical (unpaired) electrons. The van der Waals surface area contributed by atoms with Gasteiger partial charge in [-0.3, -0.25) is 4.79 Å². The van der Waals surface area contributed by atoms with Crippen LogP contribution in [0.1, 0.15) is 32.4 Å². The summed E-state index contributed by atoms with van der Waals surface area (Å²) in [6.45, 7) is 0.497. The van der Waals surface area contributed by atoms with Crippen LogP contribution >= 0.6 is 22.9 Å². The second kappa shape index (κ2) is 7.72. The van der Waals surface area contributed by atoms with E-state index in [1.807, 2.05) is 24.3 Å². The second-order valence-corrected chi connectivity index (χ2v) is 8.29. The molecule has 0 saturated heterocycles. The molecule has 0 saturated carbocycles. The van der Waals surface area contributed by atoms with E-state index in [0.717, 1.165) is 11.1 Å². The molecule has 3 aromatic rings. The molecule has 150 valence electrons. The maximum Gasteiger partial charge on any atom is 0.573 e. The number of carbonyl (C=O) groups excluding carboxylic acids is 1. The van der Waals surface area contributed by atoms with Gasteiger partial charge >= 0.3 is 6.36 Å². The van der Waals surface area contributed by atoms with Gasteiger partial charge in [-0.1, -0.05) is 48.0 Å². The van der Waals surface area contributed by atoms with Crippen molar-refractivity contribution in [3.63, 3.8) is 0 Å². The van der Waals surface area contributed by atoms with E-state index in [4.69, 9.17) is 11.6 Å². The summed E-state index contributed by atoms with van der Waals surface area (Å²) in [7, 11) is 0. The Morgan fingerprint density at radius 1 is 1.07 bits per heavy atom. The molecule has 3 nitrogen and oxygen atoms in total. The van der Waals surface area contributed by atoms with Crippen molar-refractivity contribution in [1.29, 1.82) is 0 Å². The van der Waals surface area contributed by atoms with E-state index in [9.17, 15) is 18.0 Å². The van der Waals surface area contributed by atoms with Crippen LogP contribution in [-0.4, -0.2) is 23.7 Å². The number of thiophene rings is 1. The number of alkyl halides is 3. The summed E-state index contributed by atoms with van der Waals surface area (Å²) in [5.41, 5.74) is 2.78. The van der Waals surface area contributed by atoms with Crippen LogP contribution in [0.25, 0.3) is 0 Å². The molecule has 0 bridgehead atoms. The fourth-order valence-corrected chi connectivity index (χ4v) is 4.57. The van der Waals surface area contributed by atoms with Gasteiger partial charge in [-0.2, -0.15) is 0 Å². The molecule has 1 atom stereocenters. The smallest absolute Gasteiger partial charge is 0.406 e. The Labute approximate surface area is 174 Å². The molecular formula is C21H15ClF3NO2S. The normalized spacial score (nSPS) is 16.4. The molecule has 4 rings (SSSR count). The highest BCUT2D eigenvalue weighted by Crippen LogP contribution is 2.38. The summed E-state index contributed by atoms with van der Waals surface area (Å²) in [6.07, 6.45) is -4.05. The second-order valence-electron chi connectivity index (χ2n) is 6.57. The number of hydrogen-bond donors (Lipinski definition) is 0. The van der Waals surface area contributed by atoms with Gasteiger partial charge in [0.2, 0.25) is 0 Å². The number of halogens is 4. The molecule has 0 spiro atoms. The number of amides is 1. The summed E-state index contributed by atoms with van der Waals surface area (Å²) in [4.78, 5) is 15.4.